The maximum atomic E-state index is 13.8. The number of nitrogens with zero attached hydrogens (tertiary/aromatic N) is 3. The summed E-state index contributed by atoms with van der Waals surface area (Å²) in [7, 11) is 0. The van der Waals surface area contributed by atoms with Gasteiger partial charge in [-0.15, -0.1) is 5.10 Å². The second-order valence-electron chi connectivity index (χ2n) is 4.30. The fourth-order valence-corrected chi connectivity index (χ4v) is 2.34. The second kappa shape index (κ2) is 6.64. The fraction of sp³-hybridized carbons (Fsp3) is 0.267. The summed E-state index contributed by atoms with van der Waals surface area (Å²) in [6, 6.07) is 6.49. The van der Waals surface area contributed by atoms with Crippen molar-refractivity contribution in [3.8, 4) is 17.7 Å². The van der Waals surface area contributed by atoms with E-state index in [1.165, 1.54) is 12.1 Å². The lowest BCUT2D eigenvalue weighted by molar-refractivity contribution is 0.418. The van der Waals surface area contributed by atoms with Gasteiger partial charge in [0.15, 0.2) is 11.6 Å². The van der Waals surface area contributed by atoms with Gasteiger partial charge in [0.1, 0.15) is 11.6 Å². The Balaban J connectivity index is 2.47. The van der Waals surface area contributed by atoms with Gasteiger partial charge >= 0.3 is 0 Å². The average Bonchev–Trinajstić information content (AvgIpc) is 2.49. The van der Waals surface area contributed by atoms with Gasteiger partial charge in [-0.05, 0) is 36.6 Å². The Hall–Kier alpha value is -2.00. The van der Waals surface area contributed by atoms with Crippen LogP contribution in [0.1, 0.15) is 30.7 Å². The van der Waals surface area contributed by atoms with Crippen LogP contribution in [0.25, 0.3) is 0 Å². The van der Waals surface area contributed by atoms with E-state index in [-0.39, 0.29) is 11.6 Å². The Morgan fingerprint density at radius 1 is 1.29 bits per heavy atom. The van der Waals surface area contributed by atoms with E-state index in [1.807, 2.05) is 13.8 Å². The highest BCUT2D eigenvalue weighted by Crippen LogP contribution is 2.29. The predicted octanol–water partition coefficient (Wildman–Crippen LogP) is 4.17. The Morgan fingerprint density at radius 2 is 2.05 bits per heavy atom. The zero-order valence-corrected chi connectivity index (χ0v) is 13.2. The van der Waals surface area contributed by atoms with E-state index in [1.54, 1.807) is 6.07 Å². The Bertz CT molecular complexity index is 713. The Morgan fingerprint density at radius 3 is 2.62 bits per heavy atom. The smallest absolute Gasteiger partial charge is 0.257 e. The maximum Gasteiger partial charge on any atom is 0.257 e. The molecule has 1 aromatic heterocycles. The summed E-state index contributed by atoms with van der Waals surface area (Å²) >= 11 is 3.18. The number of aryl methyl sites for hydroxylation is 1. The molecular weight excluding hydrogens is 337 g/mol. The maximum absolute atomic E-state index is 13.8. The molecule has 0 amide bonds. The Kier molecular flexibility index (Phi) is 4.86. The summed E-state index contributed by atoms with van der Waals surface area (Å²) in [4.78, 5) is 0. The van der Waals surface area contributed by atoms with Crippen molar-refractivity contribution >= 4 is 15.9 Å². The molecule has 0 spiro atoms. The van der Waals surface area contributed by atoms with Crippen LogP contribution in [0.5, 0.6) is 11.6 Å². The molecule has 4 nitrogen and oxygen atoms in total. The lowest BCUT2D eigenvalue weighted by Crippen LogP contribution is -2.05. The van der Waals surface area contributed by atoms with Crippen molar-refractivity contribution in [1.82, 2.24) is 10.2 Å². The molecule has 0 aliphatic rings. The molecule has 0 aliphatic heterocycles. The zero-order chi connectivity index (χ0) is 15.4. The van der Waals surface area contributed by atoms with Crippen LogP contribution < -0.4 is 4.74 Å². The normalized spacial score (nSPS) is 10.2. The molecule has 0 saturated carbocycles. The number of halogens is 2. The topological polar surface area (TPSA) is 58.8 Å². The number of rotatable bonds is 4. The number of hydrogen-bond acceptors (Lipinski definition) is 4. The molecule has 0 aliphatic carbocycles. The summed E-state index contributed by atoms with van der Waals surface area (Å²) in [5.74, 6) is -0.490. The second-order valence-corrected chi connectivity index (χ2v) is 5.22. The third-order valence-electron chi connectivity index (χ3n) is 3.03. The van der Waals surface area contributed by atoms with Gasteiger partial charge in [0.2, 0.25) is 0 Å². The van der Waals surface area contributed by atoms with E-state index in [9.17, 15) is 9.65 Å². The molecule has 6 heteroatoms. The molecule has 0 radical (unpaired) electrons. The largest absolute Gasteiger partial charge is 0.433 e. The summed E-state index contributed by atoms with van der Waals surface area (Å²) in [5, 5.41) is 17.3. The van der Waals surface area contributed by atoms with Crippen LogP contribution in [-0.2, 0) is 12.8 Å². The van der Waals surface area contributed by atoms with Crippen molar-refractivity contribution in [1.29, 1.82) is 5.26 Å². The quantitative estimate of drug-likeness (QED) is 0.831. The number of nitriles is 1. The van der Waals surface area contributed by atoms with Gasteiger partial charge in [-0.3, -0.25) is 0 Å². The predicted molar refractivity (Wildman–Crippen MR) is 79.7 cm³/mol. The van der Waals surface area contributed by atoms with E-state index in [4.69, 9.17) is 4.74 Å². The van der Waals surface area contributed by atoms with E-state index in [0.29, 0.717) is 22.9 Å². The lowest BCUT2D eigenvalue weighted by Gasteiger charge is -2.11. The number of ether oxygens (including phenoxy) is 1. The molecule has 2 aromatic rings. The van der Waals surface area contributed by atoms with Crippen molar-refractivity contribution in [2.75, 3.05) is 0 Å². The molecular formula is C15H13BrFN3O. The monoisotopic (exact) mass is 349 g/mol. The van der Waals surface area contributed by atoms with Gasteiger partial charge in [0.25, 0.3) is 5.88 Å². The van der Waals surface area contributed by atoms with Gasteiger partial charge in [-0.2, -0.15) is 10.4 Å². The van der Waals surface area contributed by atoms with Crippen molar-refractivity contribution in [2.24, 2.45) is 0 Å². The van der Waals surface area contributed by atoms with Crippen LogP contribution in [0.2, 0.25) is 0 Å². The molecule has 0 unspecified atom stereocenters. The van der Waals surface area contributed by atoms with Gasteiger partial charge < -0.3 is 4.74 Å². The fourth-order valence-electron chi connectivity index (χ4n) is 2.00. The third-order valence-corrected chi connectivity index (χ3v) is 3.52. The van der Waals surface area contributed by atoms with Crippen molar-refractivity contribution < 1.29 is 9.13 Å². The number of hydrogen-bond donors (Lipinski definition) is 0. The summed E-state index contributed by atoms with van der Waals surface area (Å²) < 4.78 is 19.9. The van der Waals surface area contributed by atoms with E-state index < -0.39 is 5.82 Å². The molecule has 108 valence electrons. The minimum atomic E-state index is -0.535. The number of aromatic nitrogens is 2. The van der Waals surface area contributed by atoms with Crippen molar-refractivity contribution in [2.45, 2.75) is 26.7 Å². The molecule has 0 bridgehead atoms. The molecule has 0 saturated heterocycles. The molecule has 2 rings (SSSR count). The highest BCUT2D eigenvalue weighted by molar-refractivity contribution is 9.10. The van der Waals surface area contributed by atoms with Crippen LogP contribution >= 0.6 is 15.9 Å². The van der Waals surface area contributed by atoms with Crippen LogP contribution in [0.4, 0.5) is 4.39 Å². The summed E-state index contributed by atoms with van der Waals surface area (Å²) in [5.41, 5.74) is 1.87. The molecule has 0 atom stereocenters. The number of benzene rings is 1. The SMILES string of the molecule is CCc1nnc(Oc2ccc(Br)cc2F)c(C#N)c1CC. The minimum Gasteiger partial charge on any atom is -0.433 e. The van der Waals surface area contributed by atoms with Crippen LogP contribution in [0.15, 0.2) is 22.7 Å². The Labute approximate surface area is 130 Å². The first-order chi connectivity index (χ1) is 10.1. The zero-order valence-electron chi connectivity index (χ0n) is 11.7. The van der Waals surface area contributed by atoms with Crippen molar-refractivity contribution in [3.63, 3.8) is 0 Å². The van der Waals surface area contributed by atoms with Gasteiger partial charge in [-0.1, -0.05) is 29.8 Å². The van der Waals surface area contributed by atoms with Crippen molar-refractivity contribution in [3.05, 3.63) is 45.3 Å². The molecule has 0 fully saturated rings. The van der Waals surface area contributed by atoms with Crippen LogP contribution in [-0.4, -0.2) is 10.2 Å². The lowest BCUT2D eigenvalue weighted by atomic mass is 10.0. The van der Waals surface area contributed by atoms with Gasteiger partial charge in [0.05, 0.1) is 5.69 Å². The van der Waals surface area contributed by atoms with Gasteiger partial charge in [0, 0.05) is 4.47 Å². The standard InChI is InChI=1S/C15H13BrFN3O/c1-3-10-11(8-18)15(20-19-13(10)4-2)21-14-6-5-9(16)7-12(14)17/h5-7H,3-4H2,1-2H3. The van der Waals surface area contributed by atoms with Crippen LogP contribution in [0, 0.1) is 17.1 Å². The highest BCUT2D eigenvalue weighted by atomic mass is 79.9. The van der Waals surface area contributed by atoms with E-state index in [2.05, 4.69) is 32.2 Å². The molecule has 1 aromatic carbocycles. The summed E-state index contributed by atoms with van der Waals surface area (Å²) in [6.07, 6.45) is 1.32. The minimum absolute atomic E-state index is 0.00954. The molecule has 1 heterocycles. The van der Waals surface area contributed by atoms with E-state index in [0.717, 1.165) is 11.3 Å². The first-order valence-corrected chi connectivity index (χ1v) is 7.31. The first-order valence-electron chi connectivity index (χ1n) is 6.52. The average molecular weight is 350 g/mol. The summed E-state index contributed by atoms with van der Waals surface area (Å²) in [6.45, 7) is 3.88. The molecule has 21 heavy (non-hydrogen) atoms. The first kappa shape index (κ1) is 15.4. The highest BCUT2D eigenvalue weighted by Gasteiger charge is 2.17. The van der Waals surface area contributed by atoms with Crippen LogP contribution in [0.3, 0.4) is 0 Å². The molecule has 0 N–H and O–H groups in total. The third kappa shape index (κ3) is 3.19. The van der Waals surface area contributed by atoms with E-state index >= 15 is 0 Å². The van der Waals surface area contributed by atoms with Gasteiger partial charge in [-0.25, -0.2) is 4.39 Å².